The van der Waals surface area contributed by atoms with Crippen molar-refractivity contribution in [1.82, 2.24) is 0 Å². The first-order chi connectivity index (χ1) is 11.4. The SMILES string of the molecule is NC(=O)c1cccc(S(=O)(=O)c2ccccc2S(=O)(=O)C(F)(F)F)c1. The monoisotopic (exact) mass is 393 g/mol. The molecule has 11 heteroatoms. The Kier molecular flexibility index (Phi) is 4.66. The van der Waals surface area contributed by atoms with Crippen molar-refractivity contribution in [3.8, 4) is 0 Å². The van der Waals surface area contributed by atoms with Crippen molar-refractivity contribution in [3.05, 3.63) is 54.1 Å². The first kappa shape index (κ1) is 18.9. The second-order valence-corrected chi connectivity index (χ2v) is 8.62. The summed E-state index contributed by atoms with van der Waals surface area (Å²) in [6.45, 7) is 0. The van der Waals surface area contributed by atoms with E-state index >= 15 is 0 Å². The fraction of sp³-hybridized carbons (Fsp3) is 0.0714. The van der Waals surface area contributed by atoms with E-state index in [0.717, 1.165) is 36.4 Å². The molecule has 0 aliphatic heterocycles. The molecule has 2 N–H and O–H groups in total. The Bertz CT molecular complexity index is 1040. The number of sulfone groups is 2. The third-order valence-corrected chi connectivity index (χ3v) is 6.64. The third kappa shape index (κ3) is 3.37. The van der Waals surface area contributed by atoms with Crippen LogP contribution in [0.25, 0.3) is 0 Å². The van der Waals surface area contributed by atoms with E-state index in [0.29, 0.717) is 6.07 Å². The number of hydrogen-bond donors (Lipinski definition) is 1. The van der Waals surface area contributed by atoms with E-state index in [-0.39, 0.29) is 5.56 Å². The molecule has 0 radical (unpaired) electrons. The molecule has 0 spiro atoms. The Morgan fingerprint density at radius 2 is 1.44 bits per heavy atom. The van der Waals surface area contributed by atoms with Gasteiger partial charge in [-0.05, 0) is 30.3 Å². The summed E-state index contributed by atoms with van der Waals surface area (Å²) in [4.78, 5) is 8.15. The van der Waals surface area contributed by atoms with Crippen molar-refractivity contribution in [2.24, 2.45) is 5.73 Å². The predicted octanol–water partition coefficient (Wildman–Crippen LogP) is 1.91. The Morgan fingerprint density at radius 1 is 0.880 bits per heavy atom. The van der Waals surface area contributed by atoms with Gasteiger partial charge in [-0.2, -0.15) is 13.2 Å². The number of alkyl halides is 3. The lowest BCUT2D eigenvalue weighted by Gasteiger charge is -2.13. The third-order valence-electron chi connectivity index (χ3n) is 3.16. The summed E-state index contributed by atoms with van der Waals surface area (Å²) in [7, 11) is -10.6. The van der Waals surface area contributed by atoms with E-state index in [1.165, 1.54) is 6.07 Å². The quantitative estimate of drug-likeness (QED) is 0.853. The van der Waals surface area contributed by atoms with Gasteiger partial charge in [0.1, 0.15) is 0 Å². The van der Waals surface area contributed by atoms with Crippen LogP contribution in [0.3, 0.4) is 0 Å². The van der Waals surface area contributed by atoms with Gasteiger partial charge in [-0.3, -0.25) is 4.79 Å². The van der Waals surface area contributed by atoms with Crippen molar-refractivity contribution >= 4 is 25.6 Å². The van der Waals surface area contributed by atoms with Crippen molar-refractivity contribution in [2.45, 2.75) is 20.2 Å². The minimum Gasteiger partial charge on any atom is -0.366 e. The molecular formula is C14H10F3NO5S2. The molecule has 2 aromatic carbocycles. The number of benzene rings is 2. The average molecular weight is 393 g/mol. The summed E-state index contributed by atoms with van der Waals surface area (Å²) in [5.41, 5.74) is -0.827. The highest BCUT2D eigenvalue weighted by Crippen LogP contribution is 2.35. The smallest absolute Gasteiger partial charge is 0.366 e. The first-order valence-corrected chi connectivity index (χ1v) is 9.41. The van der Waals surface area contributed by atoms with Crippen LogP contribution in [0.5, 0.6) is 0 Å². The van der Waals surface area contributed by atoms with E-state index in [2.05, 4.69) is 0 Å². The van der Waals surface area contributed by atoms with Crippen molar-refractivity contribution < 1.29 is 34.8 Å². The number of carbonyl (C=O) groups is 1. The molecule has 25 heavy (non-hydrogen) atoms. The topological polar surface area (TPSA) is 111 Å². The number of rotatable bonds is 4. The molecule has 0 saturated carbocycles. The number of halogens is 3. The summed E-state index contributed by atoms with van der Waals surface area (Å²) in [6.07, 6.45) is 0. The van der Waals surface area contributed by atoms with Gasteiger partial charge >= 0.3 is 5.51 Å². The zero-order valence-corrected chi connectivity index (χ0v) is 13.8. The average Bonchev–Trinajstić information content (AvgIpc) is 2.54. The van der Waals surface area contributed by atoms with Crippen LogP contribution in [0.15, 0.2) is 63.2 Å². The molecule has 0 aliphatic rings. The molecule has 6 nitrogen and oxygen atoms in total. The van der Waals surface area contributed by atoms with Crippen LogP contribution in [-0.4, -0.2) is 28.3 Å². The molecule has 2 rings (SSSR count). The molecular weight excluding hydrogens is 383 g/mol. The number of primary amides is 1. The standard InChI is InChI=1S/C14H10F3NO5S2/c15-14(16,17)25(22,23)12-7-2-1-6-11(12)24(20,21)10-5-3-4-9(8-10)13(18)19/h1-8H,(H2,18,19). The zero-order chi connectivity index (χ0) is 19.0. The van der Waals surface area contributed by atoms with Crippen LogP contribution in [0, 0.1) is 0 Å². The summed E-state index contributed by atoms with van der Waals surface area (Å²) in [5.74, 6) is -0.951. The molecule has 134 valence electrons. The summed E-state index contributed by atoms with van der Waals surface area (Å²) < 4.78 is 87.0. The fourth-order valence-electron chi connectivity index (χ4n) is 1.96. The number of nitrogens with two attached hydrogens (primary N) is 1. The normalized spacial score (nSPS) is 12.8. The molecule has 0 aliphatic carbocycles. The summed E-state index contributed by atoms with van der Waals surface area (Å²) in [6, 6.07) is 7.58. The molecule has 1 amide bonds. The van der Waals surface area contributed by atoms with Crippen LogP contribution in [0.2, 0.25) is 0 Å². The van der Waals surface area contributed by atoms with Crippen LogP contribution < -0.4 is 5.73 Å². The van der Waals surface area contributed by atoms with Crippen molar-refractivity contribution in [3.63, 3.8) is 0 Å². The van der Waals surface area contributed by atoms with Gasteiger partial charge in [0.25, 0.3) is 9.84 Å². The van der Waals surface area contributed by atoms with E-state index in [1.54, 1.807) is 0 Å². The Morgan fingerprint density at radius 3 is 1.96 bits per heavy atom. The molecule has 0 aromatic heterocycles. The van der Waals surface area contributed by atoms with Gasteiger partial charge in [0.05, 0.1) is 14.7 Å². The Balaban J connectivity index is 2.76. The lowest BCUT2D eigenvalue weighted by atomic mass is 10.2. The van der Waals surface area contributed by atoms with Gasteiger partial charge in [-0.15, -0.1) is 0 Å². The number of amides is 1. The lowest BCUT2D eigenvalue weighted by Crippen LogP contribution is -2.25. The molecule has 0 atom stereocenters. The Hall–Kier alpha value is -2.40. The molecule has 0 saturated heterocycles. The molecule has 0 fully saturated rings. The molecule has 0 bridgehead atoms. The second-order valence-electron chi connectivity index (χ2n) is 4.79. The van der Waals surface area contributed by atoms with Gasteiger partial charge in [0.2, 0.25) is 15.7 Å². The van der Waals surface area contributed by atoms with Gasteiger partial charge in [-0.1, -0.05) is 18.2 Å². The number of hydrogen-bond acceptors (Lipinski definition) is 5. The van der Waals surface area contributed by atoms with Crippen molar-refractivity contribution in [1.29, 1.82) is 0 Å². The van der Waals surface area contributed by atoms with Crippen LogP contribution >= 0.6 is 0 Å². The maximum Gasteiger partial charge on any atom is 0.501 e. The van der Waals surface area contributed by atoms with E-state index in [9.17, 15) is 34.8 Å². The number of carbonyl (C=O) groups excluding carboxylic acids is 1. The molecule has 0 unspecified atom stereocenters. The molecule has 0 heterocycles. The second kappa shape index (κ2) is 6.15. The summed E-state index contributed by atoms with van der Waals surface area (Å²) >= 11 is 0. The first-order valence-electron chi connectivity index (χ1n) is 6.44. The van der Waals surface area contributed by atoms with Gasteiger partial charge < -0.3 is 5.73 Å². The highest BCUT2D eigenvalue weighted by Gasteiger charge is 2.49. The van der Waals surface area contributed by atoms with E-state index < -0.39 is 45.8 Å². The van der Waals surface area contributed by atoms with Crippen LogP contribution in [0.4, 0.5) is 13.2 Å². The largest absolute Gasteiger partial charge is 0.501 e. The lowest BCUT2D eigenvalue weighted by molar-refractivity contribution is -0.0437. The predicted molar refractivity (Wildman–Crippen MR) is 80.1 cm³/mol. The van der Waals surface area contributed by atoms with E-state index in [1.807, 2.05) is 0 Å². The minimum absolute atomic E-state index is 0.197. The van der Waals surface area contributed by atoms with Crippen molar-refractivity contribution in [2.75, 3.05) is 0 Å². The van der Waals surface area contributed by atoms with E-state index in [4.69, 9.17) is 5.73 Å². The fourth-order valence-corrected chi connectivity index (χ4v) is 4.84. The minimum atomic E-state index is -5.90. The highest BCUT2D eigenvalue weighted by atomic mass is 32.2. The molecule has 2 aromatic rings. The maximum atomic E-state index is 12.8. The Labute approximate surface area is 140 Å². The highest BCUT2D eigenvalue weighted by molar-refractivity contribution is 7.95. The van der Waals surface area contributed by atoms with Gasteiger partial charge in [0.15, 0.2) is 0 Å². The maximum absolute atomic E-state index is 12.8. The van der Waals surface area contributed by atoms with Crippen LogP contribution in [0.1, 0.15) is 10.4 Å². The zero-order valence-electron chi connectivity index (χ0n) is 12.2. The van der Waals surface area contributed by atoms with Gasteiger partial charge in [0, 0.05) is 5.56 Å². The van der Waals surface area contributed by atoms with Crippen LogP contribution in [-0.2, 0) is 19.7 Å². The van der Waals surface area contributed by atoms with Gasteiger partial charge in [-0.25, -0.2) is 16.8 Å². The summed E-state index contributed by atoms with van der Waals surface area (Å²) in [5, 5.41) is 0.